The van der Waals surface area contributed by atoms with Gasteiger partial charge in [0.15, 0.2) is 0 Å². The lowest BCUT2D eigenvalue weighted by Gasteiger charge is -2.13. The summed E-state index contributed by atoms with van der Waals surface area (Å²) in [5.41, 5.74) is 1.67. The first-order valence-corrected chi connectivity index (χ1v) is 10.1. The van der Waals surface area contributed by atoms with Crippen molar-refractivity contribution < 1.29 is 4.79 Å². The van der Waals surface area contributed by atoms with Crippen LogP contribution in [0.25, 0.3) is 10.8 Å². The van der Waals surface area contributed by atoms with E-state index in [1.54, 1.807) is 17.4 Å². The van der Waals surface area contributed by atoms with Crippen molar-refractivity contribution in [1.29, 1.82) is 0 Å². The number of rotatable bonds is 4. The smallest absolute Gasteiger partial charge is 0.275 e. The van der Waals surface area contributed by atoms with Crippen molar-refractivity contribution in [1.82, 2.24) is 20.1 Å². The van der Waals surface area contributed by atoms with Crippen LogP contribution in [0.3, 0.4) is 0 Å². The summed E-state index contributed by atoms with van der Waals surface area (Å²) >= 11 is 1.69. The molecular weight excluding hydrogens is 360 g/mol. The zero-order valence-electron chi connectivity index (χ0n) is 15.5. The van der Waals surface area contributed by atoms with E-state index in [0.29, 0.717) is 5.39 Å². The highest BCUT2D eigenvalue weighted by Crippen LogP contribution is 2.29. The number of carbonyl (C=O) groups excluding carboxylic acids is 1. The molecule has 1 amide bonds. The number of carbonyl (C=O) groups is 1. The second-order valence-corrected chi connectivity index (χ2v) is 8.13. The summed E-state index contributed by atoms with van der Waals surface area (Å²) in [6, 6.07) is 7.16. The second kappa shape index (κ2) is 7.23. The molecule has 0 fully saturated rings. The van der Waals surface area contributed by atoms with Crippen molar-refractivity contribution >= 4 is 28.0 Å². The van der Waals surface area contributed by atoms with E-state index in [9.17, 15) is 9.59 Å². The molecule has 0 saturated heterocycles. The highest BCUT2D eigenvalue weighted by molar-refractivity contribution is 7.11. The molecule has 7 heteroatoms. The Bertz CT molecular complexity index is 1050. The summed E-state index contributed by atoms with van der Waals surface area (Å²) in [6.45, 7) is 3.68. The van der Waals surface area contributed by atoms with Crippen LogP contribution in [0.2, 0.25) is 0 Å². The molecule has 0 bridgehead atoms. The number of amides is 1. The van der Waals surface area contributed by atoms with Crippen molar-refractivity contribution in [3.63, 3.8) is 0 Å². The van der Waals surface area contributed by atoms with E-state index in [1.807, 2.05) is 32.0 Å². The van der Waals surface area contributed by atoms with Gasteiger partial charge in [0, 0.05) is 10.3 Å². The van der Waals surface area contributed by atoms with Crippen LogP contribution in [0.4, 0.5) is 0 Å². The molecule has 0 spiro atoms. The maximum atomic E-state index is 12.6. The summed E-state index contributed by atoms with van der Waals surface area (Å²) in [5, 5.41) is 9.60. The zero-order valence-corrected chi connectivity index (χ0v) is 16.3. The highest BCUT2D eigenvalue weighted by Gasteiger charge is 2.20. The highest BCUT2D eigenvalue weighted by atomic mass is 32.1. The molecule has 27 heavy (non-hydrogen) atoms. The van der Waals surface area contributed by atoms with Gasteiger partial charge in [-0.05, 0) is 45.6 Å². The Hall–Kier alpha value is -2.54. The van der Waals surface area contributed by atoms with Gasteiger partial charge in [-0.2, -0.15) is 5.10 Å². The van der Waals surface area contributed by atoms with Gasteiger partial charge in [0.1, 0.15) is 11.6 Å². The topological polar surface area (TPSA) is 76.9 Å². The minimum atomic E-state index is -0.247. The first kappa shape index (κ1) is 17.9. The SMILES string of the molecule is Cc1nn(CC(=O)NC(C)c2nc3c(s2)CCCC3)c(=O)c2ccccc12. The Labute approximate surface area is 161 Å². The number of hydrogen-bond acceptors (Lipinski definition) is 5. The predicted molar refractivity (Wildman–Crippen MR) is 106 cm³/mol. The molecule has 0 saturated carbocycles. The first-order chi connectivity index (χ1) is 13.0. The third kappa shape index (κ3) is 3.51. The Kier molecular flexibility index (Phi) is 4.78. The Morgan fingerprint density at radius 1 is 1.26 bits per heavy atom. The van der Waals surface area contributed by atoms with Gasteiger partial charge in [0.25, 0.3) is 5.56 Å². The number of benzene rings is 1. The van der Waals surface area contributed by atoms with Gasteiger partial charge in [-0.15, -0.1) is 11.3 Å². The molecule has 1 aliphatic rings. The van der Waals surface area contributed by atoms with Crippen LogP contribution in [-0.2, 0) is 24.2 Å². The van der Waals surface area contributed by atoms with Gasteiger partial charge in [0.2, 0.25) is 5.91 Å². The van der Waals surface area contributed by atoms with E-state index in [1.165, 1.54) is 28.1 Å². The van der Waals surface area contributed by atoms with Gasteiger partial charge in [0.05, 0.1) is 22.8 Å². The first-order valence-electron chi connectivity index (χ1n) is 9.27. The van der Waals surface area contributed by atoms with E-state index < -0.39 is 0 Å². The minimum absolute atomic E-state index is 0.0973. The fourth-order valence-corrected chi connectivity index (χ4v) is 4.71. The van der Waals surface area contributed by atoms with Gasteiger partial charge in [-0.25, -0.2) is 9.67 Å². The third-order valence-corrected chi connectivity index (χ3v) is 6.30. The average molecular weight is 382 g/mol. The normalized spacial score (nSPS) is 14.7. The quantitative estimate of drug-likeness (QED) is 0.753. The molecule has 0 radical (unpaired) electrons. The standard InChI is InChI=1S/C20H22N4O2S/c1-12-14-7-3-4-8-15(14)20(26)24(23-12)11-18(25)21-13(2)19-22-16-9-5-6-10-17(16)27-19/h3-4,7-8,13H,5-6,9-11H2,1-2H3,(H,21,25). The second-order valence-electron chi connectivity index (χ2n) is 7.01. The minimum Gasteiger partial charge on any atom is -0.346 e. The maximum absolute atomic E-state index is 12.6. The van der Waals surface area contributed by atoms with Crippen molar-refractivity contribution in [2.45, 2.75) is 52.1 Å². The number of nitrogens with one attached hydrogen (secondary N) is 1. The number of aryl methyl sites for hydroxylation is 3. The van der Waals surface area contributed by atoms with Crippen LogP contribution < -0.4 is 10.9 Å². The van der Waals surface area contributed by atoms with Crippen LogP contribution in [-0.4, -0.2) is 20.7 Å². The predicted octanol–water partition coefficient (Wildman–Crippen LogP) is 2.92. The Morgan fingerprint density at radius 3 is 2.78 bits per heavy atom. The molecule has 2 aromatic heterocycles. The molecular formula is C20H22N4O2S. The van der Waals surface area contributed by atoms with Crippen LogP contribution >= 0.6 is 11.3 Å². The number of fused-ring (bicyclic) bond motifs is 2. The Balaban J connectivity index is 1.51. The molecule has 1 atom stereocenters. The fourth-order valence-electron chi connectivity index (χ4n) is 3.55. The fraction of sp³-hybridized carbons (Fsp3) is 0.400. The molecule has 0 aliphatic heterocycles. The lowest BCUT2D eigenvalue weighted by Crippen LogP contribution is -2.35. The van der Waals surface area contributed by atoms with Crippen LogP contribution in [0.15, 0.2) is 29.1 Å². The molecule has 1 unspecified atom stereocenters. The van der Waals surface area contributed by atoms with E-state index >= 15 is 0 Å². The number of aromatic nitrogens is 3. The van der Waals surface area contributed by atoms with Crippen molar-refractivity contribution in [3.05, 3.63) is 55.9 Å². The summed E-state index contributed by atoms with van der Waals surface area (Å²) < 4.78 is 1.24. The number of nitrogens with zero attached hydrogens (tertiary/aromatic N) is 3. The molecule has 3 aromatic rings. The monoisotopic (exact) mass is 382 g/mol. The summed E-state index contributed by atoms with van der Waals surface area (Å²) in [5.74, 6) is -0.236. The largest absolute Gasteiger partial charge is 0.346 e. The number of thiazole rings is 1. The van der Waals surface area contributed by atoms with Crippen LogP contribution in [0.1, 0.15) is 47.1 Å². The van der Waals surface area contributed by atoms with Crippen molar-refractivity contribution in [3.8, 4) is 0 Å². The zero-order chi connectivity index (χ0) is 19.0. The molecule has 1 N–H and O–H groups in total. The lowest BCUT2D eigenvalue weighted by molar-refractivity contribution is -0.122. The lowest BCUT2D eigenvalue weighted by atomic mass is 10.0. The van der Waals surface area contributed by atoms with E-state index in [4.69, 9.17) is 4.98 Å². The van der Waals surface area contributed by atoms with Gasteiger partial charge in [-0.3, -0.25) is 9.59 Å². The van der Waals surface area contributed by atoms with E-state index in [2.05, 4.69) is 10.4 Å². The molecule has 1 aromatic carbocycles. The van der Waals surface area contributed by atoms with Crippen molar-refractivity contribution in [2.24, 2.45) is 0 Å². The summed E-state index contributed by atoms with van der Waals surface area (Å²) in [6.07, 6.45) is 4.52. The van der Waals surface area contributed by atoms with Crippen LogP contribution in [0.5, 0.6) is 0 Å². The average Bonchev–Trinajstić information content (AvgIpc) is 3.10. The summed E-state index contributed by atoms with van der Waals surface area (Å²) in [7, 11) is 0. The Morgan fingerprint density at radius 2 is 2.00 bits per heavy atom. The van der Waals surface area contributed by atoms with E-state index in [0.717, 1.165) is 28.9 Å². The molecule has 4 rings (SSSR count). The molecule has 2 heterocycles. The number of hydrogen-bond donors (Lipinski definition) is 1. The van der Waals surface area contributed by atoms with E-state index in [-0.39, 0.29) is 24.1 Å². The third-order valence-electron chi connectivity index (χ3n) is 4.96. The van der Waals surface area contributed by atoms with Gasteiger partial charge >= 0.3 is 0 Å². The van der Waals surface area contributed by atoms with Crippen molar-refractivity contribution in [2.75, 3.05) is 0 Å². The van der Waals surface area contributed by atoms with Crippen LogP contribution in [0, 0.1) is 6.92 Å². The molecule has 6 nitrogen and oxygen atoms in total. The maximum Gasteiger partial charge on any atom is 0.275 e. The molecule has 1 aliphatic carbocycles. The molecule has 140 valence electrons. The van der Waals surface area contributed by atoms with Gasteiger partial charge < -0.3 is 5.32 Å². The van der Waals surface area contributed by atoms with Gasteiger partial charge in [-0.1, -0.05) is 18.2 Å². The summed E-state index contributed by atoms with van der Waals surface area (Å²) in [4.78, 5) is 31.2.